The molecule has 5 heterocycles. The maximum atomic E-state index is 14.8. The number of nitrogen functional groups attached to an aromatic ring is 1. The Labute approximate surface area is 198 Å². The molecule has 0 aromatic carbocycles. The number of rotatable bonds is 3. The largest absolute Gasteiger partial charge is 0.383 e. The van der Waals surface area contributed by atoms with Gasteiger partial charge in [0.05, 0.1) is 24.1 Å². The number of halogens is 2. The molecule has 2 aromatic rings. The second-order valence-electron chi connectivity index (χ2n) is 11.3. The van der Waals surface area contributed by atoms with Crippen LogP contribution in [0.15, 0.2) is 18.6 Å². The van der Waals surface area contributed by atoms with Crippen molar-refractivity contribution in [2.24, 2.45) is 5.92 Å². The number of nitrogens with zero attached hydrogens (tertiary/aromatic N) is 5. The number of aromatic nitrogens is 3. The van der Waals surface area contributed by atoms with E-state index < -0.39 is 17.2 Å². The van der Waals surface area contributed by atoms with Crippen molar-refractivity contribution in [1.29, 1.82) is 0 Å². The lowest BCUT2D eigenvalue weighted by Crippen LogP contribution is -2.53. The Morgan fingerprint density at radius 1 is 1.15 bits per heavy atom. The van der Waals surface area contributed by atoms with Crippen molar-refractivity contribution in [2.45, 2.75) is 75.0 Å². The third-order valence-corrected chi connectivity index (χ3v) is 8.50. The number of piperidine rings is 1. The van der Waals surface area contributed by atoms with Gasteiger partial charge >= 0.3 is 0 Å². The van der Waals surface area contributed by atoms with Crippen LogP contribution in [-0.4, -0.2) is 87.0 Å². The summed E-state index contributed by atoms with van der Waals surface area (Å²) in [6.07, 6.45) is 5.42. The molecular weight excluding hydrogens is 442 g/mol. The first-order valence-corrected chi connectivity index (χ1v) is 12.3. The van der Waals surface area contributed by atoms with Gasteiger partial charge in [0.2, 0.25) is 0 Å². The van der Waals surface area contributed by atoms with Crippen LogP contribution in [0, 0.1) is 5.92 Å². The Balaban J connectivity index is 1.31. The van der Waals surface area contributed by atoms with Gasteiger partial charge in [0.15, 0.2) is 5.79 Å². The summed E-state index contributed by atoms with van der Waals surface area (Å²) >= 11 is 0. The van der Waals surface area contributed by atoms with E-state index in [4.69, 9.17) is 15.2 Å². The van der Waals surface area contributed by atoms with Crippen LogP contribution in [0.3, 0.4) is 0 Å². The highest BCUT2D eigenvalue weighted by Gasteiger charge is 2.59. The molecule has 3 aliphatic heterocycles. The van der Waals surface area contributed by atoms with Crippen LogP contribution < -0.4 is 5.73 Å². The maximum absolute atomic E-state index is 14.8. The zero-order chi connectivity index (χ0) is 23.9. The van der Waals surface area contributed by atoms with E-state index in [9.17, 15) is 8.78 Å². The van der Waals surface area contributed by atoms with E-state index in [1.807, 2.05) is 26.1 Å². The highest BCUT2D eigenvalue weighted by atomic mass is 19.3. The lowest BCUT2D eigenvalue weighted by Gasteiger charge is -2.44. The van der Waals surface area contributed by atoms with Crippen molar-refractivity contribution in [3.63, 3.8) is 0 Å². The van der Waals surface area contributed by atoms with Crippen molar-refractivity contribution < 1.29 is 18.3 Å². The zero-order valence-corrected chi connectivity index (χ0v) is 20.1. The van der Waals surface area contributed by atoms with Gasteiger partial charge in [-0.25, -0.2) is 18.7 Å². The molecule has 6 rings (SSSR count). The van der Waals surface area contributed by atoms with Crippen LogP contribution in [0.4, 0.5) is 14.6 Å². The van der Waals surface area contributed by atoms with Gasteiger partial charge in [-0.2, -0.15) is 0 Å². The molecule has 4 atom stereocenters. The summed E-state index contributed by atoms with van der Waals surface area (Å²) in [5.41, 5.74) is 6.41. The van der Waals surface area contributed by atoms with E-state index in [-0.39, 0.29) is 37.1 Å². The fraction of sp³-hybridized carbons (Fsp3) is 0.750. The van der Waals surface area contributed by atoms with Gasteiger partial charge in [-0.05, 0) is 59.3 Å². The van der Waals surface area contributed by atoms with Crippen LogP contribution in [0.2, 0.25) is 0 Å². The monoisotopic (exact) mass is 476 g/mol. The minimum atomic E-state index is -2.65. The fourth-order valence-electron chi connectivity index (χ4n) is 6.93. The van der Waals surface area contributed by atoms with Gasteiger partial charge in [0, 0.05) is 30.6 Å². The minimum absolute atomic E-state index is 0.0138. The highest BCUT2D eigenvalue weighted by Crippen LogP contribution is 2.51. The van der Waals surface area contributed by atoms with E-state index >= 15 is 0 Å². The van der Waals surface area contributed by atoms with Gasteiger partial charge in [0.25, 0.3) is 5.92 Å². The third kappa shape index (κ3) is 3.61. The Hall–Kier alpha value is -1.88. The number of ether oxygens (including phenoxy) is 2. The number of likely N-dealkylation sites (tertiary alicyclic amines) is 2. The maximum Gasteiger partial charge on any atom is 0.262 e. The van der Waals surface area contributed by atoms with Crippen molar-refractivity contribution >= 4 is 16.9 Å². The molecule has 0 bridgehead atoms. The van der Waals surface area contributed by atoms with E-state index in [1.54, 1.807) is 0 Å². The normalized spacial score (nSPS) is 34.9. The average Bonchev–Trinajstić information content (AvgIpc) is 3.46. The molecule has 0 amide bonds. The molecule has 10 heteroatoms. The highest BCUT2D eigenvalue weighted by molar-refractivity contribution is 5.86. The molecular formula is C24H34F2N6O2. The first-order valence-electron chi connectivity index (χ1n) is 12.3. The molecule has 0 unspecified atom stereocenters. The zero-order valence-electron chi connectivity index (χ0n) is 20.1. The van der Waals surface area contributed by atoms with Gasteiger partial charge < -0.3 is 24.7 Å². The predicted octanol–water partition coefficient (Wildman–Crippen LogP) is 2.90. The lowest BCUT2D eigenvalue weighted by atomic mass is 9.84. The molecule has 1 saturated carbocycles. The van der Waals surface area contributed by atoms with Crippen molar-refractivity contribution in [3.8, 4) is 0 Å². The number of nitrogens with two attached hydrogens (primary N) is 1. The summed E-state index contributed by atoms with van der Waals surface area (Å²) in [5.74, 6) is -2.84. The summed E-state index contributed by atoms with van der Waals surface area (Å²) in [7, 11) is 2.07. The number of hydrogen-bond acceptors (Lipinski definition) is 7. The minimum Gasteiger partial charge on any atom is -0.383 e. The van der Waals surface area contributed by atoms with Gasteiger partial charge in [-0.1, -0.05) is 0 Å². The van der Waals surface area contributed by atoms with Crippen LogP contribution in [0.5, 0.6) is 0 Å². The second kappa shape index (κ2) is 7.56. The quantitative estimate of drug-likeness (QED) is 0.730. The third-order valence-electron chi connectivity index (χ3n) is 8.50. The van der Waals surface area contributed by atoms with Crippen molar-refractivity contribution in [3.05, 3.63) is 18.6 Å². The molecule has 4 fully saturated rings. The Kier molecular flexibility index (Phi) is 5.02. The van der Waals surface area contributed by atoms with E-state index in [0.29, 0.717) is 12.4 Å². The van der Waals surface area contributed by atoms with Crippen molar-refractivity contribution in [2.75, 3.05) is 39.0 Å². The second-order valence-corrected chi connectivity index (χ2v) is 11.3. The summed E-state index contributed by atoms with van der Waals surface area (Å²) in [6, 6.07) is 1.92. The van der Waals surface area contributed by atoms with Gasteiger partial charge in [-0.3, -0.25) is 4.90 Å². The number of anilines is 1. The van der Waals surface area contributed by atoms with Crippen LogP contribution >= 0.6 is 0 Å². The number of alkyl halides is 2. The molecule has 0 radical (unpaired) electrons. The first-order chi connectivity index (χ1) is 16.1. The molecule has 3 saturated heterocycles. The van der Waals surface area contributed by atoms with E-state index in [2.05, 4.69) is 31.4 Å². The summed E-state index contributed by atoms with van der Waals surface area (Å²) in [6.45, 7) is 5.98. The number of fused-ring (bicyclic) bond motifs is 2. The van der Waals surface area contributed by atoms with E-state index in [0.717, 1.165) is 43.4 Å². The van der Waals surface area contributed by atoms with Gasteiger partial charge in [0.1, 0.15) is 23.9 Å². The lowest BCUT2D eigenvalue weighted by molar-refractivity contribution is -0.161. The molecule has 8 nitrogen and oxygen atoms in total. The average molecular weight is 477 g/mol. The SMILES string of the molecule is CN1CCC2(CC1)CC(F)(F)CN2C[C@H]1C[C@@H](n2ccc3c(N)ncnc32)[C@@H]2OC(C)(C)O[C@H]12. The first kappa shape index (κ1) is 22.6. The van der Waals surface area contributed by atoms with Crippen LogP contribution in [0.25, 0.3) is 11.0 Å². The molecule has 186 valence electrons. The molecule has 2 aromatic heterocycles. The summed E-state index contributed by atoms with van der Waals surface area (Å²) < 4.78 is 44.4. The molecule has 34 heavy (non-hydrogen) atoms. The fourth-order valence-corrected chi connectivity index (χ4v) is 6.93. The number of hydrogen-bond donors (Lipinski definition) is 1. The molecule has 4 aliphatic rings. The van der Waals surface area contributed by atoms with Crippen molar-refractivity contribution in [1.82, 2.24) is 24.3 Å². The van der Waals surface area contributed by atoms with Gasteiger partial charge in [-0.15, -0.1) is 0 Å². The molecule has 1 aliphatic carbocycles. The Bertz CT molecular complexity index is 1080. The van der Waals surface area contributed by atoms with Crippen LogP contribution in [0.1, 0.15) is 45.6 Å². The molecule has 1 spiro atoms. The smallest absolute Gasteiger partial charge is 0.262 e. The summed E-state index contributed by atoms with van der Waals surface area (Å²) in [4.78, 5) is 12.9. The van der Waals surface area contributed by atoms with Crippen LogP contribution in [-0.2, 0) is 9.47 Å². The topological polar surface area (TPSA) is 81.7 Å². The Morgan fingerprint density at radius 3 is 2.65 bits per heavy atom. The summed E-state index contributed by atoms with van der Waals surface area (Å²) in [5, 5.41) is 0.810. The Morgan fingerprint density at radius 2 is 1.88 bits per heavy atom. The predicted molar refractivity (Wildman–Crippen MR) is 124 cm³/mol. The standard InChI is InChI=1S/C24H34F2N6O2/c1-22(2)33-18-15(11-31-13-24(25,26)12-23(31)5-8-30(3)9-6-23)10-17(19(18)34-22)32-7-4-16-20(27)28-14-29-21(16)32/h4,7,14-15,17-19H,5-6,8-13H2,1-3H3,(H2,27,28,29)/t15-,17-,18-,19+/m1/s1. The van der Waals surface area contributed by atoms with E-state index in [1.165, 1.54) is 6.33 Å². The molecule has 2 N–H and O–H groups in total.